The fourth-order valence-corrected chi connectivity index (χ4v) is 1.09. The number of carboxylic acids is 1. The zero-order valence-electron chi connectivity index (χ0n) is 9.24. The number of aryl methyl sites for hydroxylation is 2. The van der Waals surface area contributed by atoms with Crippen molar-refractivity contribution in [2.45, 2.75) is 26.7 Å². The van der Waals surface area contributed by atoms with Gasteiger partial charge in [-0.15, -0.1) is 0 Å². The van der Waals surface area contributed by atoms with E-state index in [2.05, 4.69) is 10.3 Å². The number of hydrogen-bond acceptors (Lipinski definition) is 4. The number of carbonyl (C=O) groups excluding carboxylic acids is 1. The summed E-state index contributed by atoms with van der Waals surface area (Å²) in [7, 11) is 0. The summed E-state index contributed by atoms with van der Waals surface area (Å²) in [6.07, 6.45) is 0.420. The maximum atomic E-state index is 11.4. The van der Waals surface area contributed by atoms with Gasteiger partial charge >= 0.3 is 11.9 Å². The lowest BCUT2D eigenvalue weighted by Crippen LogP contribution is -2.25. The molecule has 1 amide bonds. The monoisotopic (exact) mass is 226 g/mol. The molecule has 0 aliphatic carbocycles. The molecule has 88 valence electrons. The van der Waals surface area contributed by atoms with Gasteiger partial charge in [-0.25, -0.2) is 4.98 Å². The normalized spacial score (nSPS) is 10.1. The quantitative estimate of drug-likeness (QED) is 0.727. The highest BCUT2D eigenvalue weighted by Crippen LogP contribution is 2.07. The Balaban J connectivity index is 2.38. The SMILES string of the molecule is Cc1nc(C(=O)NCCCC(=O)O)oc1C. The molecule has 0 saturated carbocycles. The van der Waals surface area contributed by atoms with Gasteiger partial charge in [-0.1, -0.05) is 0 Å². The molecule has 1 aromatic rings. The van der Waals surface area contributed by atoms with Gasteiger partial charge in [-0.2, -0.15) is 0 Å². The zero-order chi connectivity index (χ0) is 12.1. The molecule has 0 fully saturated rings. The van der Waals surface area contributed by atoms with E-state index in [0.29, 0.717) is 24.4 Å². The van der Waals surface area contributed by atoms with Crippen molar-refractivity contribution in [2.24, 2.45) is 0 Å². The van der Waals surface area contributed by atoms with E-state index in [4.69, 9.17) is 9.52 Å². The number of aliphatic carboxylic acids is 1. The van der Waals surface area contributed by atoms with E-state index in [1.54, 1.807) is 13.8 Å². The molecule has 0 radical (unpaired) electrons. The van der Waals surface area contributed by atoms with Crippen molar-refractivity contribution in [3.63, 3.8) is 0 Å². The van der Waals surface area contributed by atoms with Crippen molar-refractivity contribution in [3.05, 3.63) is 17.3 Å². The Morgan fingerprint density at radius 2 is 2.12 bits per heavy atom. The molecule has 0 unspecified atom stereocenters. The third-order valence-electron chi connectivity index (χ3n) is 2.08. The van der Waals surface area contributed by atoms with Crippen molar-refractivity contribution >= 4 is 11.9 Å². The number of nitrogens with one attached hydrogen (secondary N) is 1. The van der Waals surface area contributed by atoms with Crippen LogP contribution >= 0.6 is 0 Å². The molecule has 0 aliphatic heterocycles. The first kappa shape index (κ1) is 12.2. The van der Waals surface area contributed by atoms with Crippen LogP contribution in [0.1, 0.15) is 35.0 Å². The fraction of sp³-hybridized carbons (Fsp3) is 0.500. The van der Waals surface area contributed by atoms with E-state index in [1.807, 2.05) is 0 Å². The molecule has 1 rings (SSSR count). The van der Waals surface area contributed by atoms with E-state index >= 15 is 0 Å². The van der Waals surface area contributed by atoms with Gasteiger partial charge in [0.25, 0.3) is 5.89 Å². The molecule has 1 heterocycles. The van der Waals surface area contributed by atoms with Crippen LogP contribution in [0.15, 0.2) is 4.42 Å². The first-order chi connectivity index (χ1) is 7.50. The highest BCUT2D eigenvalue weighted by molar-refractivity contribution is 5.89. The van der Waals surface area contributed by atoms with Crippen LogP contribution in [-0.2, 0) is 4.79 Å². The second kappa shape index (κ2) is 5.29. The minimum atomic E-state index is -0.878. The Morgan fingerprint density at radius 3 is 2.62 bits per heavy atom. The summed E-state index contributed by atoms with van der Waals surface area (Å²) in [5, 5.41) is 10.9. The number of rotatable bonds is 5. The molecular weight excluding hydrogens is 212 g/mol. The lowest BCUT2D eigenvalue weighted by Gasteiger charge is -1.99. The van der Waals surface area contributed by atoms with Gasteiger partial charge in [0.2, 0.25) is 0 Å². The van der Waals surface area contributed by atoms with E-state index < -0.39 is 11.9 Å². The summed E-state index contributed by atoms with van der Waals surface area (Å²) in [6, 6.07) is 0. The van der Waals surface area contributed by atoms with Crippen molar-refractivity contribution in [1.29, 1.82) is 0 Å². The Labute approximate surface area is 92.7 Å². The first-order valence-electron chi connectivity index (χ1n) is 4.94. The number of carbonyl (C=O) groups is 2. The lowest BCUT2D eigenvalue weighted by molar-refractivity contribution is -0.137. The summed E-state index contributed by atoms with van der Waals surface area (Å²) in [5.41, 5.74) is 0.677. The fourth-order valence-electron chi connectivity index (χ4n) is 1.09. The van der Waals surface area contributed by atoms with Crippen molar-refractivity contribution < 1.29 is 19.1 Å². The Kier molecular flexibility index (Phi) is 4.04. The predicted octanol–water partition coefficient (Wildman–Crippen LogP) is 0.886. The molecule has 2 N–H and O–H groups in total. The molecule has 0 bridgehead atoms. The highest BCUT2D eigenvalue weighted by atomic mass is 16.4. The van der Waals surface area contributed by atoms with Crippen LogP contribution in [0.4, 0.5) is 0 Å². The highest BCUT2D eigenvalue weighted by Gasteiger charge is 2.13. The van der Waals surface area contributed by atoms with Crippen LogP contribution < -0.4 is 5.32 Å². The topological polar surface area (TPSA) is 92.4 Å². The number of nitrogens with zero attached hydrogens (tertiary/aromatic N) is 1. The van der Waals surface area contributed by atoms with Gasteiger partial charge in [-0.05, 0) is 20.3 Å². The Bertz CT molecular complexity index is 378. The molecule has 0 atom stereocenters. The molecule has 0 spiro atoms. The first-order valence-corrected chi connectivity index (χ1v) is 4.94. The maximum absolute atomic E-state index is 11.4. The van der Waals surface area contributed by atoms with Gasteiger partial charge < -0.3 is 14.8 Å². The summed E-state index contributed by atoms with van der Waals surface area (Å²) in [4.78, 5) is 25.6. The second-order valence-corrected chi connectivity index (χ2v) is 3.41. The molecular formula is C10H14N2O4. The van der Waals surface area contributed by atoms with Crippen LogP contribution in [0.5, 0.6) is 0 Å². The van der Waals surface area contributed by atoms with E-state index in [1.165, 1.54) is 0 Å². The predicted molar refractivity (Wildman–Crippen MR) is 55.2 cm³/mol. The minimum Gasteiger partial charge on any atom is -0.481 e. The van der Waals surface area contributed by atoms with Crippen molar-refractivity contribution in [2.75, 3.05) is 6.54 Å². The molecule has 1 aromatic heterocycles. The third-order valence-corrected chi connectivity index (χ3v) is 2.08. The second-order valence-electron chi connectivity index (χ2n) is 3.41. The molecule has 0 saturated heterocycles. The number of aromatic nitrogens is 1. The molecule has 0 aliphatic rings. The van der Waals surface area contributed by atoms with Crippen molar-refractivity contribution in [1.82, 2.24) is 10.3 Å². The van der Waals surface area contributed by atoms with E-state index in [0.717, 1.165) is 0 Å². The standard InChI is InChI=1S/C10H14N2O4/c1-6-7(2)16-10(12-6)9(15)11-5-3-4-8(13)14/h3-5H2,1-2H3,(H,11,15)(H,13,14). The summed E-state index contributed by atoms with van der Waals surface area (Å²) in [5.74, 6) is -0.667. The largest absolute Gasteiger partial charge is 0.481 e. The van der Waals surface area contributed by atoms with E-state index in [-0.39, 0.29) is 12.3 Å². The Morgan fingerprint density at radius 1 is 1.44 bits per heavy atom. The smallest absolute Gasteiger partial charge is 0.307 e. The van der Waals surface area contributed by atoms with Gasteiger partial charge in [0.05, 0.1) is 5.69 Å². The van der Waals surface area contributed by atoms with Crippen molar-refractivity contribution in [3.8, 4) is 0 Å². The Hall–Kier alpha value is -1.85. The summed E-state index contributed by atoms with van der Waals surface area (Å²) in [6.45, 7) is 3.77. The molecule has 0 aromatic carbocycles. The van der Waals surface area contributed by atoms with Gasteiger partial charge in [0, 0.05) is 13.0 Å². The maximum Gasteiger partial charge on any atom is 0.307 e. The average molecular weight is 226 g/mol. The van der Waals surface area contributed by atoms with Crippen LogP contribution in [0.25, 0.3) is 0 Å². The van der Waals surface area contributed by atoms with Crippen LogP contribution in [0, 0.1) is 13.8 Å². The average Bonchev–Trinajstić information content (AvgIpc) is 2.54. The van der Waals surface area contributed by atoms with Gasteiger partial charge in [0.15, 0.2) is 0 Å². The van der Waals surface area contributed by atoms with Gasteiger partial charge in [0.1, 0.15) is 5.76 Å². The molecule has 16 heavy (non-hydrogen) atoms. The lowest BCUT2D eigenvalue weighted by atomic mass is 10.3. The van der Waals surface area contributed by atoms with Crippen LogP contribution in [-0.4, -0.2) is 28.5 Å². The van der Waals surface area contributed by atoms with Crippen LogP contribution in [0.2, 0.25) is 0 Å². The van der Waals surface area contributed by atoms with Crippen LogP contribution in [0.3, 0.4) is 0 Å². The zero-order valence-corrected chi connectivity index (χ0v) is 9.24. The number of carboxylic acid groups (broad SMARTS) is 1. The summed E-state index contributed by atoms with van der Waals surface area (Å²) < 4.78 is 5.11. The number of hydrogen-bond donors (Lipinski definition) is 2. The van der Waals surface area contributed by atoms with Gasteiger partial charge in [-0.3, -0.25) is 9.59 Å². The summed E-state index contributed by atoms with van der Waals surface area (Å²) >= 11 is 0. The number of amides is 1. The minimum absolute atomic E-state index is 0.0188. The third kappa shape index (κ3) is 3.38. The molecule has 6 nitrogen and oxygen atoms in total. The molecule has 6 heteroatoms. The number of oxazole rings is 1. The van der Waals surface area contributed by atoms with E-state index in [9.17, 15) is 9.59 Å².